The fourth-order valence-corrected chi connectivity index (χ4v) is 2.97. The molecule has 0 radical (unpaired) electrons. The van der Waals surface area contributed by atoms with Gasteiger partial charge in [-0.25, -0.2) is 9.67 Å². The molecule has 0 fully saturated rings. The van der Waals surface area contributed by atoms with Crippen LogP contribution in [0.5, 0.6) is 23.0 Å². The van der Waals surface area contributed by atoms with E-state index in [4.69, 9.17) is 9.47 Å². The van der Waals surface area contributed by atoms with Crippen LogP contribution in [0.25, 0.3) is 11.4 Å². The van der Waals surface area contributed by atoms with Crippen LogP contribution >= 0.6 is 0 Å². The van der Waals surface area contributed by atoms with Gasteiger partial charge in [0.15, 0.2) is 17.8 Å². The molecule has 0 spiro atoms. The smallest absolute Gasteiger partial charge is 0.159 e. The number of carbonyl (C=O) groups excluding carboxylic acids is 1. The SMILES string of the molecule is O=Cc1c(Oc2ccc(-n3cncn3)cc2)cncc1Oc1ccc(-n2nccn2)cc1. The number of ether oxygens (including phenoxy) is 2. The highest BCUT2D eigenvalue weighted by atomic mass is 16.5. The molecule has 10 nitrogen and oxygen atoms in total. The Morgan fingerprint density at radius 2 is 1.31 bits per heavy atom. The van der Waals surface area contributed by atoms with Crippen LogP contribution in [0.3, 0.4) is 0 Å². The molecule has 0 amide bonds. The normalized spacial score (nSPS) is 10.6. The number of aromatic nitrogens is 7. The summed E-state index contributed by atoms with van der Waals surface area (Å²) in [5.74, 6) is 1.62. The predicted molar refractivity (Wildman–Crippen MR) is 112 cm³/mol. The zero-order valence-electron chi connectivity index (χ0n) is 16.5. The lowest BCUT2D eigenvalue weighted by molar-refractivity contribution is 0.111. The number of pyridine rings is 1. The fourth-order valence-electron chi connectivity index (χ4n) is 2.97. The fraction of sp³-hybridized carbons (Fsp3) is 0. The second-order valence-corrected chi connectivity index (χ2v) is 6.52. The molecule has 32 heavy (non-hydrogen) atoms. The van der Waals surface area contributed by atoms with Crippen molar-refractivity contribution in [2.75, 3.05) is 0 Å². The van der Waals surface area contributed by atoms with Gasteiger partial charge in [0, 0.05) is 0 Å². The Labute approximate surface area is 181 Å². The van der Waals surface area contributed by atoms with Crippen molar-refractivity contribution in [3.8, 4) is 34.4 Å². The zero-order chi connectivity index (χ0) is 21.8. The van der Waals surface area contributed by atoms with E-state index >= 15 is 0 Å². The molecular weight excluding hydrogens is 410 g/mol. The van der Waals surface area contributed by atoms with Crippen molar-refractivity contribution in [2.24, 2.45) is 0 Å². The van der Waals surface area contributed by atoms with Crippen LogP contribution < -0.4 is 9.47 Å². The van der Waals surface area contributed by atoms with Crippen molar-refractivity contribution in [3.05, 3.63) is 91.5 Å². The summed E-state index contributed by atoms with van der Waals surface area (Å²) in [5, 5.41) is 12.2. The molecule has 0 aliphatic heterocycles. The molecule has 0 saturated heterocycles. The van der Waals surface area contributed by atoms with E-state index in [0.29, 0.717) is 17.8 Å². The maximum atomic E-state index is 11.8. The van der Waals surface area contributed by atoms with Gasteiger partial charge in [-0.1, -0.05) is 0 Å². The van der Waals surface area contributed by atoms with Gasteiger partial charge in [-0.3, -0.25) is 9.78 Å². The topological polar surface area (TPSA) is 110 Å². The van der Waals surface area contributed by atoms with Gasteiger partial charge in [0.25, 0.3) is 0 Å². The number of hydrogen-bond acceptors (Lipinski definition) is 8. The highest BCUT2D eigenvalue weighted by molar-refractivity contribution is 5.83. The molecule has 0 aliphatic carbocycles. The largest absolute Gasteiger partial charge is 0.455 e. The minimum atomic E-state index is 0.248. The van der Waals surface area contributed by atoms with Crippen LogP contribution in [0.15, 0.2) is 86.0 Å². The summed E-state index contributed by atoms with van der Waals surface area (Å²) in [6.45, 7) is 0. The van der Waals surface area contributed by atoms with Gasteiger partial charge >= 0.3 is 0 Å². The summed E-state index contributed by atoms with van der Waals surface area (Å²) >= 11 is 0. The lowest BCUT2D eigenvalue weighted by atomic mass is 10.2. The number of hydrogen-bond donors (Lipinski definition) is 0. The van der Waals surface area contributed by atoms with E-state index in [1.807, 2.05) is 12.1 Å². The Bertz CT molecular complexity index is 1220. The number of aldehydes is 1. The number of rotatable bonds is 7. The first kappa shape index (κ1) is 19.1. The predicted octanol–water partition coefficient (Wildman–Crippen LogP) is 3.64. The van der Waals surface area contributed by atoms with Crippen LogP contribution in [0, 0.1) is 0 Å². The highest BCUT2D eigenvalue weighted by Crippen LogP contribution is 2.32. The minimum Gasteiger partial charge on any atom is -0.455 e. The monoisotopic (exact) mass is 425 g/mol. The van der Waals surface area contributed by atoms with Crippen molar-refractivity contribution < 1.29 is 14.3 Å². The van der Waals surface area contributed by atoms with Gasteiger partial charge in [0.1, 0.15) is 29.7 Å². The Morgan fingerprint density at radius 1 is 0.719 bits per heavy atom. The van der Waals surface area contributed by atoms with Crippen LogP contribution in [0.1, 0.15) is 10.4 Å². The van der Waals surface area contributed by atoms with Crippen molar-refractivity contribution in [1.29, 1.82) is 0 Å². The molecular formula is C22H15N7O3. The molecule has 0 bridgehead atoms. The summed E-state index contributed by atoms with van der Waals surface area (Å²) < 4.78 is 13.4. The quantitative estimate of drug-likeness (QED) is 0.364. The van der Waals surface area contributed by atoms with Crippen LogP contribution in [-0.2, 0) is 0 Å². The molecule has 2 aromatic carbocycles. The lowest BCUT2D eigenvalue weighted by Crippen LogP contribution is -1.99. The van der Waals surface area contributed by atoms with Gasteiger partial charge in [-0.05, 0) is 48.5 Å². The Balaban J connectivity index is 1.35. The second kappa shape index (κ2) is 8.48. The summed E-state index contributed by atoms with van der Waals surface area (Å²) in [6, 6.07) is 14.3. The van der Waals surface area contributed by atoms with Crippen LogP contribution in [0.4, 0.5) is 0 Å². The van der Waals surface area contributed by atoms with Crippen molar-refractivity contribution in [1.82, 2.24) is 34.7 Å². The van der Waals surface area contributed by atoms with Gasteiger partial charge in [0.2, 0.25) is 0 Å². The number of nitrogens with zero attached hydrogens (tertiary/aromatic N) is 7. The van der Waals surface area contributed by atoms with Crippen LogP contribution in [-0.4, -0.2) is 41.0 Å². The molecule has 5 aromatic rings. The van der Waals surface area contributed by atoms with Crippen molar-refractivity contribution in [3.63, 3.8) is 0 Å². The van der Waals surface area contributed by atoms with E-state index in [-0.39, 0.29) is 17.1 Å². The third kappa shape index (κ3) is 3.92. The summed E-state index contributed by atoms with van der Waals surface area (Å²) in [6.07, 6.45) is 9.86. The number of benzene rings is 2. The molecule has 156 valence electrons. The van der Waals surface area contributed by atoms with E-state index in [1.165, 1.54) is 23.5 Å². The summed E-state index contributed by atoms with van der Waals surface area (Å²) in [4.78, 5) is 21.4. The maximum Gasteiger partial charge on any atom is 0.159 e. The first-order valence-electron chi connectivity index (χ1n) is 9.51. The molecule has 3 heterocycles. The average molecular weight is 425 g/mol. The molecule has 0 atom stereocenters. The zero-order valence-corrected chi connectivity index (χ0v) is 16.5. The third-order valence-electron chi connectivity index (χ3n) is 4.49. The van der Waals surface area contributed by atoms with Crippen molar-refractivity contribution >= 4 is 6.29 Å². The molecule has 0 saturated carbocycles. The maximum absolute atomic E-state index is 11.8. The van der Waals surface area contributed by atoms with Gasteiger partial charge in [-0.2, -0.15) is 20.1 Å². The lowest BCUT2D eigenvalue weighted by Gasteiger charge is -2.12. The first-order chi connectivity index (χ1) is 15.8. The van der Waals surface area contributed by atoms with E-state index in [0.717, 1.165) is 11.4 Å². The Kier molecular flexibility index (Phi) is 5.07. The summed E-state index contributed by atoms with van der Waals surface area (Å²) in [5.41, 5.74) is 1.86. The van der Waals surface area contributed by atoms with Crippen LogP contribution in [0.2, 0.25) is 0 Å². The van der Waals surface area contributed by atoms with E-state index in [9.17, 15) is 4.79 Å². The first-order valence-corrected chi connectivity index (χ1v) is 9.51. The van der Waals surface area contributed by atoms with Gasteiger partial charge in [0.05, 0.1) is 36.2 Å². The molecule has 0 N–H and O–H groups in total. The Morgan fingerprint density at radius 3 is 1.84 bits per heavy atom. The standard InChI is InChI=1S/C22H15N7O3/c30-13-20-21(31-18-5-1-16(2-6-18)28-15-24-14-27-28)11-23-12-22(20)32-19-7-3-17(4-8-19)29-25-9-10-26-29/h1-15H. The molecule has 0 unspecified atom stereocenters. The highest BCUT2D eigenvalue weighted by Gasteiger charge is 2.13. The van der Waals surface area contributed by atoms with E-state index < -0.39 is 0 Å². The van der Waals surface area contributed by atoms with Crippen molar-refractivity contribution in [2.45, 2.75) is 0 Å². The third-order valence-corrected chi connectivity index (χ3v) is 4.49. The van der Waals surface area contributed by atoms with E-state index in [1.54, 1.807) is 59.8 Å². The molecule has 5 rings (SSSR count). The second-order valence-electron chi connectivity index (χ2n) is 6.52. The number of carbonyl (C=O) groups is 1. The van der Waals surface area contributed by atoms with Gasteiger partial charge < -0.3 is 9.47 Å². The summed E-state index contributed by atoms with van der Waals surface area (Å²) in [7, 11) is 0. The minimum absolute atomic E-state index is 0.248. The molecule has 0 aliphatic rings. The van der Waals surface area contributed by atoms with Gasteiger partial charge in [-0.15, -0.1) is 0 Å². The molecule has 10 heteroatoms. The van der Waals surface area contributed by atoms with E-state index in [2.05, 4.69) is 25.3 Å². The average Bonchev–Trinajstić information content (AvgIpc) is 3.55. The Hall–Kier alpha value is -4.86. The molecule has 3 aromatic heterocycles.